The van der Waals surface area contributed by atoms with E-state index in [1.54, 1.807) is 7.11 Å². The van der Waals surface area contributed by atoms with Crippen molar-refractivity contribution in [2.75, 3.05) is 53.0 Å². The van der Waals surface area contributed by atoms with Gasteiger partial charge < -0.3 is 29.2 Å². The van der Waals surface area contributed by atoms with Crippen LogP contribution < -0.4 is 5.32 Å². The molecule has 0 aromatic heterocycles. The number of ether oxygens (including phenoxy) is 4. The summed E-state index contributed by atoms with van der Waals surface area (Å²) in [7, 11) is 1.73. The highest BCUT2D eigenvalue weighted by Gasteiger charge is 2.71. The van der Waals surface area contributed by atoms with Crippen molar-refractivity contribution < 1.29 is 33.3 Å². The zero-order valence-corrected chi connectivity index (χ0v) is 26.1. The van der Waals surface area contributed by atoms with Crippen molar-refractivity contribution in [2.45, 2.75) is 103 Å². The van der Waals surface area contributed by atoms with Crippen LogP contribution in [-0.4, -0.2) is 110 Å². The summed E-state index contributed by atoms with van der Waals surface area (Å²) < 4.78 is 23.7. The second kappa shape index (κ2) is 12.7. The van der Waals surface area contributed by atoms with Crippen LogP contribution in [0.1, 0.15) is 73.6 Å². The summed E-state index contributed by atoms with van der Waals surface area (Å²) in [6.45, 7) is 16.2. The van der Waals surface area contributed by atoms with Crippen molar-refractivity contribution in [2.24, 2.45) is 11.3 Å². The summed E-state index contributed by atoms with van der Waals surface area (Å²) >= 11 is 0. The number of ketones is 1. The summed E-state index contributed by atoms with van der Waals surface area (Å²) in [5.41, 5.74) is 0.293. The third-order valence-corrected chi connectivity index (χ3v) is 9.33. The topological polar surface area (TPSA) is 113 Å². The van der Waals surface area contributed by atoms with Gasteiger partial charge in [-0.05, 0) is 40.0 Å². The van der Waals surface area contributed by atoms with E-state index < -0.39 is 5.41 Å². The molecule has 0 radical (unpaired) electrons. The number of piperazine rings is 1. The van der Waals surface area contributed by atoms with E-state index >= 15 is 0 Å². The first-order valence-corrected chi connectivity index (χ1v) is 15.2. The fourth-order valence-electron chi connectivity index (χ4n) is 6.52. The number of rotatable bonds is 11. The first-order valence-electron chi connectivity index (χ1n) is 15.2. The van der Waals surface area contributed by atoms with E-state index in [0.717, 1.165) is 25.9 Å². The lowest BCUT2D eigenvalue weighted by Crippen LogP contribution is -2.61. The molecule has 3 aliphatic heterocycles. The minimum atomic E-state index is -0.443. The Bertz CT molecular complexity index is 992. The smallest absolute Gasteiger partial charge is 0.317 e. The van der Waals surface area contributed by atoms with Gasteiger partial charge in [0.1, 0.15) is 18.0 Å². The molecule has 3 saturated heterocycles. The van der Waals surface area contributed by atoms with Gasteiger partial charge in [0, 0.05) is 57.6 Å². The molecule has 6 atom stereocenters. The zero-order valence-electron chi connectivity index (χ0n) is 26.1. The molecule has 4 fully saturated rings. The third-order valence-electron chi connectivity index (χ3n) is 9.33. The van der Waals surface area contributed by atoms with Gasteiger partial charge in [0.2, 0.25) is 0 Å². The minimum Gasteiger partial charge on any atom is -0.464 e. The summed E-state index contributed by atoms with van der Waals surface area (Å²) in [5.74, 6) is -0.226. The van der Waals surface area contributed by atoms with E-state index in [0.29, 0.717) is 32.7 Å². The maximum absolute atomic E-state index is 13.3. The predicted molar refractivity (Wildman–Crippen MR) is 155 cm³/mol. The van der Waals surface area contributed by atoms with Gasteiger partial charge in [-0.3, -0.25) is 14.5 Å². The summed E-state index contributed by atoms with van der Waals surface area (Å²) in [6.07, 6.45) is 5.05. The Morgan fingerprint density at radius 3 is 2.37 bits per heavy atom. The molecule has 0 aromatic carbocycles. The van der Waals surface area contributed by atoms with Gasteiger partial charge in [-0.25, -0.2) is 4.79 Å². The molecule has 1 N–H and O–H groups in total. The lowest BCUT2D eigenvalue weighted by Gasteiger charge is -2.44. The number of carbonyl (C=O) groups is 3. The van der Waals surface area contributed by atoms with Crippen LogP contribution in [0.25, 0.3) is 0 Å². The van der Waals surface area contributed by atoms with Gasteiger partial charge in [0.25, 0.3) is 0 Å². The first kappa shape index (κ1) is 31.9. The van der Waals surface area contributed by atoms with Gasteiger partial charge in [-0.15, -0.1) is 0 Å². The lowest BCUT2D eigenvalue weighted by molar-refractivity contribution is -0.145. The van der Waals surface area contributed by atoms with Crippen molar-refractivity contribution in [1.82, 2.24) is 15.1 Å². The van der Waals surface area contributed by atoms with E-state index in [-0.39, 0.29) is 72.6 Å². The highest BCUT2D eigenvalue weighted by molar-refractivity contribution is 5.86. The molecule has 41 heavy (non-hydrogen) atoms. The number of Topliss-reactive ketones (excluding diaryl/α,β-unsaturated/α-hetero) is 1. The molecule has 232 valence electrons. The number of epoxide rings is 2. The number of carbonyl (C=O) groups excluding carboxylic acids is 3. The van der Waals surface area contributed by atoms with Gasteiger partial charge >= 0.3 is 12.0 Å². The number of hydrogen-bond donors (Lipinski definition) is 1. The van der Waals surface area contributed by atoms with E-state index in [1.165, 1.54) is 5.57 Å². The summed E-state index contributed by atoms with van der Waals surface area (Å²) in [6, 6.07) is -0.180. The SMILES string of the molecule is CO[C@H]1[C@H](C2(C)O[C@@H]2CC=C(C)C)[C@]2(CC[C@H]1NC(=O)N1CCN(CCOC(=O)CCC(=O)C(C)(C)C)CC1)CO2. The molecule has 3 heterocycles. The van der Waals surface area contributed by atoms with Gasteiger partial charge in [-0.2, -0.15) is 0 Å². The largest absolute Gasteiger partial charge is 0.464 e. The Morgan fingerprint density at radius 1 is 1.10 bits per heavy atom. The quantitative estimate of drug-likeness (QED) is 0.226. The van der Waals surface area contributed by atoms with Crippen molar-refractivity contribution in [3.05, 3.63) is 11.6 Å². The van der Waals surface area contributed by atoms with Crippen LogP contribution >= 0.6 is 0 Å². The van der Waals surface area contributed by atoms with E-state index in [1.807, 2.05) is 25.7 Å². The molecule has 4 aliphatic rings. The Hall–Kier alpha value is -2.01. The molecular formula is C31H51N3O7. The molecule has 1 saturated carbocycles. The van der Waals surface area contributed by atoms with Crippen LogP contribution in [0, 0.1) is 11.3 Å². The standard InChI is InChI=1S/C31H51N3O7/c1-21(2)8-10-24-30(6,41-24)27-26(38-7)22(12-13-31(27)20-40-31)32-28(37)34-16-14-33(15-17-34)18-19-39-25(36)11-9-23(35)29(3,4)5/h8,22,24,26-27H,9-20H2,1-7H3,(H,32,37)/t22-,24-,26-,27-,30?,31+/m1/s1. The number of esters is 1. The van der Waals surface area contributed by atoms with Crippen molar-refractivity contribution in [1.29, 1.82) is 0 Å². The Morgan fingerprint density at radius 2 is 1.78 bits per heavy atom. The minimum absolute atomic E-state index is 0.0563. The van der Waals surface area contributed by atoms with E-state index in [4.69, 9.17) is 18.9 Å². The molecule has 1 unspecified atom stereocenters. The molecule has 1 aliphatic carbocycles. The summed E-state index contributed by atoms with van der Waals surface area (Å²) in [5, 5.41) is 3.28. The monoisotopic (exact) mass is 577 g/mol. The van der Waals surface area contributed by atoms with Crippen LogP contribution in [-0.2, 0) is 28.5 Å². The second-order valence-electron chi connectivity index (χ2n) is 13.7. The number of hydrogen-bond acceptors (Lipinski definition) is 8. The second-order valence-corrected chi connectivity index (χ2v) is 13.7. The number of methoxy groups -OCH3 is 1. The van der Waals surface area contributed by atoms with Crippen LogP contribution in [0.2, 0.25) is 0 Å². The average molecular weight is 578 g/mol. The van der Waals surface area contributed by atoms with E-state index in [9.17, 15) is 14.4 Å². The molecule has 10 nitrogen and oxygen atoms in total. The fourth-order valence-corrected chi connectivity index (χ4v) is 6.52. The zero-order chi connectivity index (χ0) is 30.0. The third kappa shape index (κ3) is 7.69. The molecular weight excluding hydrogens is 526 g/mol. The molecule has 2 amide bonds. The number of amides is 2. The van der Waals surface area contributed by atoms with Gasteiger partial charge in [0.05, 0.1) is 36.9 Å². The van der Waals surface area contributed by atoms with Gasteiger partial charge in [-0.1, -0.05) is 32.4 Å². The highest BCUT2D eigenvalue weighted by Crippen LogP contribution is 2.59. The van der Waals surface area contributed by atoms with Crippen LogP contribution in [0.5, 0.6) is 0 Å². The Kier molecular flexibility index (Phi) is 9.88. The number of nitrogens with one attached hydrogen (secondary N) is 1. The van der Waals surface area contributed by atoms with Crippen LogP contribution in [0.3, 0.4) is 0 Å². The van der Waals surface area contributed by atoms with Crippen LogP contribution in [0.4, 0.5) is 4.79 Å². The van der Waals surface area contributed by atoms with Crippen molar-refractivity contribution >= 4 is 17.8 Å². The molecule has 4 rings (SSSR count). The number of urea groups is 1. The maximum Gasteiger partial charge on any atom is 0.317 e. The Labute approximate surface area is 245 Å². The average Bonchev–Trinajstić information content (AvgIpc) is 3.83. The Balaban J connectivity index is 1.21. The fraction of sp³-hybridized carbons (Fsp3) is 0.839. The number of nitrogens with zero attached hydrogens (tertiary/aromatic N) is 2. The first-order chi connectivity index (χ1) is 19.3. The lowest BCUT2D eigenvalue weighted by atomic mass is 9.67. The molecule has 10 heteroatoms. The molecule has 0 bridgehead atoms. The normalized spacial score (nSPS) is 33.3. The summed E-state index contributed by atoms with van der Waals surface area (Å²) in [4.78, 5) is 41.4. The highest BCUT2D eigenvalue weighted by atomic mass is 16.6. The molecule has 1 spiro atoms. The van der Waals surface area contributed by atoms with Gasteiger partial charge in [0.15, 0.2) is 0 Å². The van der Waals surface area contributed by atoms with Crippen molar-refractivity contribution in [3.63, 3.8) is 0 Å². The predicted octanol–water partition coefficient (Wildman–Crippen LogP) is 3.33. The number of allylic oxidation sites excluding steroid dienone is 1. The van der Waals surface area contributed by atoms with Crippen molar-refractivity contribution in [3.8, 4) is 0 Å². The maximum atomic E-state index is 13.3. The van der Waals surface area contributed by atoms with E-state index in [2.05, 4.69) is 37.1 Å². The van der Waals surface area contributed by atoms with Crippen LogP contribution in [0.15, 0.2) is 11.6 Å². The molecule has 0 aromatic rings.